The number of piperazine rings is 1. The summed E-state index contributed by atoms with van der Waals surface area (Å²) in [6.07, 6.45) is 3.71. The molecule has 2 N–H and O–H groups in total. The van der Waals surface area contributed by atoms with Crippen molar-refractivity contribution in [3.05, 3.63) is 53.8 Å². The molecule has 0 atom stereocenters. The fraction of sp³-hybridized carbons (Fsp3) is 0.235. The smallest absolute Gasteiger partial charge is 0.273 e. The van der Waals surface area contributed by atoms with Gasteiger partial charge < -0.3 is 4.90 Å². The van der Waals surface area contributed by atoms with Crippen LogP contribution in [0.2, 0.25) is 0 Å². The van der Waals surface area contributed by atoms with E-state index in [9.17, 15) is 4.79 Å². The molecule has 1 amide bonds. The van der Waals surface area contributed by atoms with Gasteiger partial charge in [0, 0.05) is 55.5 Å². The van der Waals surface area contributed by atoms with E-state index < -0.39 is 0 Å². The van der Waals surface area contributed by atoms with Crippen LogP contribution in [0.15, 0.2) is 48.1 Å². The van der Waals surface area contributed by atoms with Crippen LogP contribution < -0.4 is 5.14 Å². The summed E-state index contributed by atoms with van der Waals surface area (Å²) in [5, 5.41) is 12.6. The van der Waals surface area contributed by atoms with Crippen LogP contribution in [0.1, 0.15) is 10.5 Å². The first-order valence-corrected chi connectivity index (χ1v) is 9.93. The van der Waals surface area contributed by atoms with Crippen molar-refractivity contribution in [2.24, 2.45) is 5.14 Å². The van der Waals surface area contributed by atoms with E-state index in [1.807, 2.05) is 55.8 Å². The van der Waals surface area contributed by atoms with Crippen LogP contribution >= 0.6 is 23.5 Å². The molecule has 0 aliphatic carbocycles. The molecule has 9 heteroatoms. The Morgan fingerprint density at radius 2 is 1.92 bits per heavy atom. The number of hydrogen-bond acceptors (Lipinski definition) is 7. The number of benzene rings is 1. The number of carbonyl (C=O) groups is 1. The first kappa shape index (κ1) is 17.2. The number of para-hydroxylation sites is 1. The van der Waals surface area contributed by atoms with Crippen LogP contribution in [-0.2, 0) is 0 Å². The Kier molecular flexibility index (Phi) is 5.02. The van der Waals surface area contributed by atoms with E-state index >= 15 is 0 Å². The number of nitrogens with zero attached hydrogens (tertiary/aromatic N) is 5. The SMILES string of the molecule is NSN1CCN(C(=O)c2csc(-c3cnn(-c4ccccc4)c3)n2)CC1. The zero-order valence-corrected chi connectivity index (χ0v) is 15.6. The molecule has 1 aromatic carbocycles. The van der Waals surface area contributed by atoms with Crippen molar-refractivity contribution in [1.82, 2.24) is 24.0 Å². The minimum Gasteiger partial charge on any atom is -0.335 e. The Morgan fingerprint density at radius 1 is 1.15 bits per heavy atom. The maximum absolute atomic E-state index is 12.7. The van der Waals surface area contributed by atoms with Gasteiger partial charge in [-0.25, -0.2) is 14.0 Å². The average molecular weight is 387 g/mol. The summed E-state index contributed by atoms with van der Waals surface area (Å²) in [5.74, 6) is -0.0235. The highest BCUT2D eigenvalue weighted by molar-refractivity contribution is 7.94. The predicted molar refractivity (Wildman–Crippen MR) is 104 cm³/mol. The van der Waals surface area contributed by atoms with Crippen LogP contribution in [0, 0.1) is 0 Å². The van der Waals surface area contributed by atoms with E-state index in [-0.39, 0.29) is 5.91 Å². The van der Waals surface area contributed by atoms with Crippen LogP contribution in [0.3, 0.4) is 0 Å². The lowest BCUT2D eigenvalue weighted by molar-refractivity contribution is 0.0699. The second-order valence-electron chi connectivity index (χ2n) is 5.87. The van der Waals surface area contributed by atoms with Gasteiger partial charge in [0.2, 0.25) is 0 Å². The lowest BCUT2D eigenvalue weighted by atomic mass is 10.3. The van der Waals surface area contributed by atoms with Crippen LogP contribution in [0.25, 0.3) is 16.3 Å². The summed E-state index contributed by atoms with van der Waals surface area (Å²) >= 11 is 2.69. The lowest BCUT2D eigenvalue weighted by Crippen LogP contribution is -2.46. The topological polar surface area (TPSA) is 80.3 Å². The molecule has 7 nitrogen and oxygen atoms in total. The number of rotatable bonds is 4. The maximum atomic E-state index is 12.7. The molecular weight excluding hydrogens is 368 g/mol. The van der Waals surface area contributed by atoms with E-state index in [1.165, 1.54) is 23.5 Å². The Bertz CT molecular complexity index is 886. The molecule has 0 bridgehead atoms. The van der Waals surface area contributed by atoms with E-state index in [0.717, 1.165) is 29.3 Å². The quantitative estimate of drug-likeness (QED) is 0.693. The molecule has 4 rings (SSSR count). The highest BCUT2D eigenvalue weighted by atomic mass is 32.2. The Labute approximate surface area is 159 Å². The van der Waals surface area contributed by atoms with Gasteiger partial charge in [0.05, 0.1) is 11.9 Å². The van der Waals surface area contributed by atoms with E-state index in [1.54, 1.807) is 6.20 Å². The van der Waals surface area contributed by atoms with Gasteiger partial charge >= 0.3 is 0 Å². The molecule has 134 valence electrons. The first-order valence-electron chi connectivity index (χ1n) is 8.21. The maximum Gasteiger partial charge on any atom is 0.273 e. The van der Waals surface area contributed by atoms with Gasteiger partial charge in [0.1, 0.15) is 10.7 Å². The monoisotopic (exact) mass is 386 g/mol. The normalized spacial score (nSPS) is 15.3. The molecule has 2 aromatic heterocycles. The summed E-state index contributed by atoms with van der Waals surface area (Å²) in [4.78, 5) is 19.0. The van der Waals surface area contributed by atoms with Crippen molar-refractivity contribution >= 4 is 29.4 Å². The standard InChI is InChI=1S/C17H18N6OS2/c18-26-22-8-6-21(7-9-22)17(24)15-12-25-16(20-15)13-10-19-23(11-13)14-4-2-1-3-5-14/h1-5,10-12H,6-9,18H2. The first-order chi connectivity index (χ1) is 12.7. The summed E-state index contributed by atoms with van der Waals surface area (Å²) in [7, 11) is 0. The number of nitrogens with two attached hydrogens (primary N) is 1. The zero-order chi connectivity index (χ0) is 17.9. The Morgan fingerprint density at radius 3 is 2.65 bits per heavy atom. The van der Waals surface area contributed by atoms with Crippen molar-refractivity contribution in [3.63, 3.8) is 0 Å². The average Bonchev–Trinajstić information content (AvgIpc) is 3.38. The van der Waals surface area contributed by atoms with Gasteiger partial charge in [0.15, 0.2) is 0 Å². The molecule has 0 unspecified atom stereocenters. The summed E-state index contributed by atoms with van der Waals surface area (Å²) in [5.41, 5.74) is 2.39. The predicted octanol–water partition coefficient (Wildman–Crippen LogP) is 2.28. The van der Waals surface area contributed by atoms with Gasteiger partial charge in [-0.2, -0.15) is 5.10 Å². The zero-order valence-electron chi connectivity index (χ0n) is 14.0. The highest BCUT2D eigenvalue weighted by Gasteiger charge is 2.24. The fourth-order valence-corrected chi connectivity index (χ4v) is 3.96. The van der Waals surface area contributed by atoms with E-state index in [2.05, 4.69) is 10.1 Å². The van der Waals surface area contributed by atoms with Crippen molar-refractivity contribution in [1.29, 1.82) is 0 Å². The van der Waals surface area contributed by atoms with Crippen molar-refractivity contribution in [2.75, 3.05) is 26.2 Å². The third kappa shape index (κ3) is 3.51. The molecule has 0 saturated carbocycles. The van der Waals surface area contributed by atoms with Gasteiger partial charge in [-0.15, -0.1) is 11.3 Å². The van der Waals surface area contributed by atoms with E-state index in [4.69, 9.17) is 5.14 Å². The number of amides is 1. The fourth-order valence-electron chi connectivity index (χ4n) is 2.82. The number of carbonyl (C=O) groups excluding carboxylic acids is 1. The Hall–Kier alpha value is -2.20. The summed E-state index contributed by atoms with van der Waals surface area (Å²) < 4.78 is 3.86. The van der Waals surface area contributed by atoms with Gasteiger partial charge in [-0.1, -0.05) is 18.2 Å². The van der Waals surface area contributed by atoms with Crippen LogP contribution in [0.4, 0.5) is 0 Å². The molecule has 0 spiro atoms. The van der Waals surface area contributed by atoms with Gasteiger partial charge in [-0.3, -0.25) is 9.93 Å². The second-order valence-corrected chi connectivity index (χ2v) is 7.46. The van der Waals surface area contributed by atoms with Gasteiger partial charge in [-0.05, 0) is 12.1 Å². The Balaban J connectivity index is 1.48. The van der Waals surface area contributed by atoms with Crippen molar-refractivity contribution < 1.29 is 4.79 Å². The number of thiazole rings is 1. The number of aromatic nitrogens is 3. The minimum absolute atomic E-state index is 0.0235. The molecule has 26 heavy (non-hydrogen) atoms. The van der Waals surface area contributed by atoms with Gasteiger partial charge in [0.25, 0.3) is 5.91 Å². The molecule has 3 aromatic rings. The second kappa shape index (κ2) is 7.58. The van der Waals surface area contributed by atoms with E-state index in [0.29, 0.717) is 18.8 Å². The molecule has 1 saturated heterocycles. The molecular formula is C17H18N6OS2. The molecule has 1 aliphatic rings. The third-order valence-electron chi connectivity index (χ3n) is 4.25. The summed E-state index contributed by atoms with van der Waals surface area (Å²) in [6.45, 7) is 2.88. The third-order valence-corrected chi connectivity index (χ3v) is 5.80. The summed E-state index contributed by atoms with van der Waals surface area (Å²) in [6, 6.07) is 9.90. The van der Waals surface area contributed by atoms with Crippen molar-refractivity contribution in [3.8, 4) is 16.3 Å². The molecule has 0 radical (unpaired) electrons. The molecule has 1 fully saturated rings. The number of hydrogen-bond donors (Lipinski definition) is 1. The lowest BCUT2D eigenvalue weighted by Gasteiger charge is -2.32. The van der Waals surface area contributed by atoms with Crippen molar-refractivity contribution in [2.45, 2.75) is 0 Å². The highest BCUT2D eigenvalue weighted by Crippen LogP contribution is 2.25. The largest absolute Gasteiger partial charge is 0.335 e. The van der Waals surface area contributed by atoms with Crippen LogP contribution in [0.5, 0.6) is 0 Å². The minimum atomic E-state index is -0.0235. The molecule has 1 aliphatic heterocycles. The molecule has 3 heterocycles. The van der Waals surface area contributed by atoms with Crippen LogP contribution in [-0.4, -0.2) is 56.1 Å².